The van der Waals surface area contributed by atoms with Crippen LogP contribution in [0.15, 0.2) is 42.5 Å². The van der Waals surface area contributed by atoms with Crippen LogP contribution in [-0.4, -0.2) is 18.9 Å². The average molecular weight is 416 g/mol. The van der Waals surface area contributed by atoms with Crippen LogP contribution in [0.3, 0.4) is 0 Å². The van der Waals surface area contributed by atoms with Gasteiger partial charge in [0.1, 0.15) is 11.9 Å². The largest absolute Gasteiger partial charge is 0.497 e. The summed E-state index contributed by atoms with van der Waals surface area (Å²) in [5.41, 5.74) is 2.69. The molecule has 1 aliphatic heterocycles. The van der Waals surface area contributed by atoms with Crippen LogP contribution in [0.5, 0.6) is 5.75 Å². The second kappa shape index (κ2) is 9.29. The van der Waals surface area contributed by atoms with Crippen LogP contribution in [0.25, 0.3) is 0 Å². The standard InChI is InChI=1S/C22H26ClN3O3/c1-13(2)22(28)24-12-14-4-9-18(23)17(10-14)21-25-19(11-20(27)26-21)15-5-7-16(29-3)8-6-15/h4-10,13,19,21,25H,11-12H2,1-3H3,(H,24,28)(H,26,27). The highest BCUT2D eigenvalue weighted by atomic mass is 35.5. The molecule has 2 atom stereocenters. The summed E-state index contributed by atoms with van der Waals surface area (Å²) in [7, 11) is 1.62. The van der Waals surface area contributed by atoms with Crippen molar-refractivity contribution in [2.24, 2.45) is 5.92 Å². The molecule has 7 heteroatoms. The summed E-state index contributed by atoms with van der Waals surface area (Å²) in [5.74, 6) is 0.630. The number of carbonyl (C=O) groups excluding carboxylic acids is 2. The van der Waals surface area contributed by atoms with Crippen molar-refractivity contribution in [1.82, 2.24) is 16.0 Å². The van der Waals surface area contributed by atoms with Gasteiger partial charge in [-0.2, -0.15) is 0 Å². The molecule has 0 aliphatic carbocycles. The van der Waals surface area contributed by atoms with Crippen molar-refractivity contribution in [1.29, 1.82) is 0 Å². The van der Waals surface area contributed by atoms with E-state index in [1.807, 2.05) is 50.2 Å². The Labute approximate surface area is 176 Å². The molecule has 1 aliphatic rings. The fourth-order valence-electron chi connectivity index (χ4n) is 3.24. The lowest BCUT2D eigenvalue weighted by Crippen LogP contribution is -2.46. The SMILES string of the molecule is COc1ccc(C2CC(=O)NC(c3cc(CNC(=O)C(C)C)ccc3Cl)N2)cc1. The predicted octanol–water partition coefficient (Wildman–Crippen LogP) is 3.47. The van der Waals surface area contributed by atoms with Crippen LogP contribution in [0, 0.1) is 5.92 Å². The smallest absolute Gasteiger partial charge is 0.223 e. The molecule has 1 saturated heterocycles. The van der Waals surface area contributed by atoms with Gasteiger partial charge in [0.25, 0.3) is 0 Å². The van der Waals surface area contributed by atoms with Gasteiger partial charge in [0.2, 0.25) is 11.8 Å². The lowest BCUT2D eigenvalue weighted by molar-refractivity contribution is -0.125. The fraction of sp³-hybridized carbons (Fsp3) is 0.364. The Morgan fingerprint density at radius 3 is 2.62 bits per heavy atom. The minimum atomic E-state index is -0.420. The van der Waals surface area contributed by atoms with E-state index >= 15 is 0 Å². The first-order valence-corrected chi connectivity index (χ1v) is 10.0. The molecule has 0 spiro atoms. The highest BCUT2D eigenvalue weighted by Crippen LogP contribution is 2.30. The molecule has 2 aromatic rings. The maximum atomic E-state index is 12.4. The molecule has 0 bridgehead atoms. The normalized spacial score (nSPS) is 19.0. The van der Waals surface area contributed by atoms with Crippen molar-refractivity contribution in [3.05, 3.63) is 64.2 Å². The molecule has 1 fully saturated rings. The van der Waals surface area contributed by atoms with E-state index in [0.29, 0.717) is 18.0 Å². The van der Waals surface area contributed by atoms with Crippen LogP contribution >= 0.6 is 11.6 Å². The van der Waals surface area contributed by atoms with E-state index in [-0.39, 0.29) is 23.8 Å². The maximum absolute atomic E-state index is 12.4. The Morgan fingerprint density at radius 2 is 1.97 bits per heavy atom. The highest BCUT2D eigenvalue weighted by molar-refractivity contribution is 6.31. The highest BCUT2D eigenvalue weighted by Gasteiger charge is 2.29. The van der Waals surface area contributed by atoms with Crippen LogP contribution in [0.2, 0.25) is 5.02 Å². The quantitative estimate of drug-likeness (QED) is 0.675. The second-order valence-corrected chi connectivity index (χ2v) is 7.83. The number of hydrogen-bond acceptors (Lipinski definition) is 4. The number of amides is 2. The summed E-state index contributed by atoms with van der Waals surface area (Å²) in [5, 5.41) is 9.87. The third-order valence-electron chi connectivity index (χ3n) is 4.94. The Balaban J connectivity index is 1.78. The Kier molecular flexibility index (Phi) is 6.77. The molecular weight excluding hydrogens is 390 g/mol. The summed E-state index contributed by atoms with van der Waals surface area (Å²) in [4.78, 5) is 24.2. The van der Waals surface area contributed by atoms with Gasteiger partial charge in [-0.15, -0.1) is 0 Å². The van der Waals surface area contributed by atoms with Gasteiger partial charge in [-0.3, -0.25) is 14.9 Å². The van der Waals surface area contributed by atoms with E-state index in [9.17, 15) is 9.59 Å². The van der Waals surface area contributed by atoms with E-state index in [0.717, 1.165) is 22.4 Å². The summed E-state index contributed by atoms with van der Waals surface area (Å²) in [6.45, 7) is 4.11. The number of ether oxygens (including phenoxy) is 1. The van der Waals surface area contributed by atoms with Crippen molar-refractivity contribution < 1.29 is 14.3 Å². The van der Waals surface area contributed by atoms with E-state index in [4.69, 9.17) is 16.3 Å². The van der Waals surface area contributed by atoms with Gasteiger partial charge in [0.15, 0.2) is 0 Å². The van der Waals surface area contributed by atoms with Crippen molar-refractivity contribution in [3.8, 4) is 5.75 Å². The van der Waals surface area contributed by atoms with Gasteiger partial charge < -0.3 is 15.4 Å². The number of nitrogens with one attached hydrogen (secondary N) is 3. The number of halogens is 1. The molecule has 0 radical (unpaired) electrons. The van der Waals surface area contributed by atoms with Gasteiger partial charge in [0, 0.05) is 35.5 Å². The minimum Gasteiger partial charge on any atom is -0.497 e. The van der Waals surface area contributed by atoms with Crippen LogP contribution in [0.4, 0.5) is 0 Å². The molecule has 154 valence electrons. The van der Waals surface area contributed by atoms with Crippen LogP contribution in [-0.2, 0) is 16.1 Å². The first kappa shape index (κ1) is 21.1. The minimum absolute atomic E-state index is 0.00911. The zero-order chi connectivity index (χ0) is 21.0. The molecule has 0 saturated carbocycles. The van der Waals surface area contributed by atoms with Gasteiger partial charge in [-0.25, -0.2) is 0 Å². The van der Waals surface area contributed by atoms with E-state index < -0.39 is 6.17 Å². The Bertz CT molecular complexity index is 883. The summed E-state index contributed by atoms with van der Waals surface area (Å²) < 4.78 is 5.20. The zero-order valence-corrected chi connectivity index (χ0v) is 17.5. The van der Waals surface area contributed by atoms with Crippen molar-refractivity contribution in [2.75, 3.05) is 7.11 Å². The number of carbonyl (C=O) groups is 2. The van der Waals surface area contributed by atoms with E-state index in [2.05, 4.69) is 16.0 Å². The zero-order valence-electron chi connectivity index (χ0n) is 16.8. The maximum Gasteiger partial charge on any atom is 0.223 e. The number of hydrogen-bond donors (Lipinski definition) is 3. The van der Waals surface area contributed by atoms with Crippen LogP contribution in [0.1, 0.15) is 49.2 Å². The first-order chi connectivity index (χ1) is 13.9. The van der Waals surface area contributed by atoms with Crippen molar-refractivity contribution >= 4 is 23.4 Å². The van der Waals surface area contributed by atoms with E-state index in [1.54, 1.807) is 13.2 Å². The average Bonchev–Trinajstić information content (AvgIpc) is 2.72. The molecule has 29 heavy (non-hydrogen) atoms. The summed E-state index contributed by atoms with van der Waals surface area (Å²) >= 11 is 6.43. The van der Waals surface area contributed by atoms with Gasteiger partial charge in [-0.05, 0) is 35.4 Å². The van der Waals surface area contributed by atoms with Gasteiger partial charge >= 0.3 is 0 Å². The molecule has 2 aromatic carbocycles. The second-order valence-electron chi connectivity index (χ2n) is 7.43. The van der Waals surface area contributed by atoms with Crippen molar-refractivity contribution in [3.63, 3.8) is 0 Å². The fourth-order valence-corrected chi connectivity index (χ4v) is 3.47. The molecule has 0 aromatic heterocycles. The number of benzene rings is 2. The molecule has 1 heterocycles. The van der Waals surface area contributed by atoms with Gasteiger partial charge in [0.05, 0.1) is 7.11 Å². The third kappa shape index (κ3) is 5.28. The van der Waals surface area contributed by atoms with Crippen molar-refractivity contribution in [2.45, 2.75) is 39.0 Å². The predicted molar refractivity (Wildman–Crippen MR) is 113 cm³/mol. The third-order valence-corrected chi connectivity index (χ3v) is 5.29. The molecule has 6 nitrogen and oxygen atoms in total. The molecule has 3 rings (SSSR count). The van der Waals surface area contributed by atoms with E-state index in [1.165, 1.54) is 0 Å². The van der Waals surface area contributed by atoms with Crippen LogP contribution < -0.4 is 20.7 Å². The lowest BCUT2D eigenvalue weighted by Gasteiger charge is -2.33. The molecular formula is C22H26ClN3O3. The van der Waals surface area contributed by atoms with Gasteiger partial charge in [-0.1, -0.05) is 43.6 Å². The monoisotopic (exact) mass is 415 g/mol. The number of methoxy groups -OCH3 is 1. The Hall–Kier alpha value is -2.57. The first-order valence-electron chi connectivity index (χ1n) is 9.62. The summed E-state index contributed by atoms with van der Waals surface area (Å²) in [6.07, 6.45) is -0.0819. The number of rotatable bonds is 6. The molecule has 3 N–H and O–H groups in total. The Morgan fingerprint density at radius 1 is 1.24 bits per heavy atom. The molecule has 2 unspecified atom stereocenters. The topological polar surface area (TPSA) is 79.5 Å². The lowest BCUT2D eigenvalue weighted by atomic mass is 9.98. The molecule has 2 amide bonds. The summed E-state index contributed by atoms with van der Waals surface area (Å²) in [6, 6.07) is 13.1.